The van der Waals surface area contributed by atoms with Gasteiger partial charge >= 0.3 is 6.03 Å². The number of benzene rings is 1. The molecule has 1 aromatic carbocycles. The molecule has 0 radical (unpaired) electrons. The Morgan fingerprint density at radius 2 is 1.92 bits per heavy atom. The van der Waals surface area contributed by atoms with E-state index in [1.54, 1.807) is 0 Å². The Morgan fingerprint density at radius 1 is 1.28 bits per heavy atom. The molecule has 4 amide bonds. The molecule has 0 aromatic heterocycles. The number of carbonyl (C=O) groups is 3. The molecule has 1 aromatic rings. The summed E-state index contributed by atoms with van der Waals surface area (Å²) in [5.41, 5.74) is -0.257. The third-order valence-corrected chi connectivity index (χ3v) is 4.52. The van der Waals surface area contributed by atoms with Gasteiger partial charge in [0, 0.05) is 7.05 Å². The molecule has 1 fully saturated rings. The van der Waals surface area contributed by atoms with Gasteiger partial charge in [-0.15, -0.1) is 0 Å². The van der Waals surface area contributed by atoms with Gasteiger partial charge in [0.2, 0.25) is 5.91 Å². The largest absolute Gasteiger partial charge is 0.324 e. The zero-order chi connectivity index (χ0) is 18.6. The van der Waals surface area contributed by atoms with Crippen molar-refractivity contribution in [3.8, 4) is 0 Å². The molecule has 25 heavy (non-hydrogen) atoms. The molecule has 1 heterocycles. The quantitative estimate of drug-likeness (QED) is 0.447. The van der Waals surface area contributed by atoms with Gasteiger partial charge in [-0.2, -0.15) is 0 Å². The van der Waals surface area contributed by atoms with Crippen molar-refractivity contribution >= 4 is 17.8 Å². The highest BCUT2D eigenvalue weighted by atomic mass is 16.5. The zero-order valence-electron chi connectivity index (χ0n) is 14.9. The summed E-state index contributed by atoms with van der Waals surface area (Å²) in [7, 11) is 1.50. The van der Waals surface area contributed by atoms with Crippen molar-refractivity contribution < 1.29 is 19.6 Å². The third-order valence-electron chi connectivity index (χ3n) is 4.52. The van der Waals surface area contributed by atoms with Gasteiger partial charge in [-0.25, -0.2) is 9.86 Å². The smallest absolute Gasteiger partial charge is 0.312 e. The fraction of sp³-hybridized carbons (Fsp3) is 0.500. The number of amides is 4. The lowest BCUT2D eigenvalue weighted by molar-refractivity contribution is -0.168. The molecule has 2 rings (SSSR count). The van der Waals surface area contributed by atoms with Crippen LogP contribution in [0.2, 0.25) is 0 Å². The maximum atomic E-state index is 12.5. The van der Waals surface area contributed by atoms with E-state index in [-0.39, 0.29) is 18.9 Å². The Bertz CT molecular complexity index is 647. The standard InChI is InChI=1S/C18H25N3O4/c1-13(2)11-18(16(23)19-17(24)20(18)3)12-15(22)21(25)10-9-14-7-5-4-6-8-14/h4-8,13,25H,9-12H2,1-3H3,(H,19,23,24). The van der Waals surface area contributed by atoms with E-state index in [1.807, 2.05) is 44.2 Å². The van der Waals surface area contributed by atoms with Crippen LogP contribution in [0, 0.1) is 5.92 Å². The summed E-state index contributed by atoms with van der Waals surface area (Å²) in [4.78, 5) is 38.0. The van der Waals surface area contributed by atoms with E-state index >= 15 is 0 Å². The number of hydrogen-bond acceptors (Lipinski definition) is 4. The highest BCUT2D eigenvalue weighted by molar-refractivity contribution is 6.08. The second kappa shape index (κ2) is 7.65. The van der Waals surface area contributed by atoms with Crippen molar-refractivity contribution in [3.05, 3.63) is 35.9 Å². The van der Waals surface area contributed by atoms with Crippen LogP contribution in [0.4, 0.5) is 4.79 Å². The monoisotopic (exact) mass is 347 g/mol. The second-order valence-corrected chi connectivity index (χ2v) is 6.88. The molecule has 7 heteroatoms. The first kappa shape index (κ1) is 18.9. The van der Waals surface area contributed by atoms with Crippen LogP contribution in [-0.4, -0.2) is 52.1 Å². The summed E-state index contributed by atoms with van der Waals surface area (Å²) in [5.74, 6) is -0.963. The normalized spacial score (nSPS) is 20.1. The number of nitrogens with zero attached hydrogens (tertiary/aromatic N) is 2. The van der Waals surface area contributed by atoms with E-state index in [1.165, 1.54) is 11.9 Å². The molecule has 7 nitrogen and oxygen atoms in total. The summed E-state index contributed by atoms with van der Waals surface area (Å²) < 4.78 is 0. The lowest BCUT2D eigenvalue weighted by atomic mass is 9.84. The van der Waals surface area contributed by atoms with E-state index in [0.717, 1.165) is 5.56 Å². The molecule has 0 spiro atoms. The molecule has 1 aliphatic rings. The Hall–Kier alpha value is -2.41. The molecular formula is C18H25N3O4. The number of carbonyl (C=O) groups excluding carboxylic acids is 3. The van der Waals surface area contributed by atoms with Crippen LogP contribution >= 0.6 is 0 Å². The highest BCUT2D eigenvalue weighted by Gasteiger charge is 2.52. The minimum Gasteiger partial charge on any atom is -0.312 e. The average molecular weight is 347 g/mol. The first-order valence-electron chi connectivity index (χ1n) is 8.38. The van der Waals surface area contributed by atoms with Crippen molar-refractivity contribution in [2.75, 3.05) is 13.6 Å². The van der Waals surface area contributed by atoms with Gasteiger partial charge in [-0.3, -0.25) is 20.1 Å². The molecule has 1 atom stereocenters. The van der Waals surface area contributed by atoms with Crippen molar-refractivity contribution in [2.24, 2.45) is 5.92 Å². The van der Waals surface area contributed by atoms with Gasteiger partial charge in [0.1, 0.15) is 5.54 Å². The van der Waals surface area contributed by atoms with Gasteiger partial charge in [-0.1, -0.05) is 44.2 Å². The van der Waals surface area contributed by atoms with Crippen molar-refractivity contribution in [1.82, 2.24) is 15.3 Å². The topological polar surface area (TPSA) is 90.0 Å². The molecule has 2 N–H and O–H groups in total. The predicted octanol–water partition coefficient (Wildman–Crippen LogP) is 1.80. The van der Waals surface area contributed by atoms with E-state index in [9.17, 15) is 19.6 Å². The average Bonchev–Trinajstić information content (AvgIpc) is 2.76. The SMILES string of the molecule is CC(C)CC1(CC(=O)N(O)CCc2ccccc2)C(=O)NC(=O)N1C. The number of urea groups is 1. The highest BCUT2D eigenvalue weighted by Crippen LogP contribution is 2.32. The summed E-state index contributed by atoms with van der Waals surface area (Å²) in [5, 5.41) is 13.0. The summed E-state index contributed by atoms with van der Waals surface area (Å²) >= 11 is 0. The molecule has 1 aliphatic heterocycles. The number of nitrogens with one attached hydrogen (secondary N) is 1. The lowest BCUT2D eigenvalue weighted by Crippen LogP contribution is -2.52. The first-order valence-corrected chi connectivity index (χ1v) is 8.38. The van der Waals surface area contributed by atoms with Crippen LogP contribution in [0.5, 0.6) is 0 Å². The molecule has 0 aliphatic carbocycles. The number of imide groups is 1. The summed E-state index contributed by atoms with van der Waals surface area (Å²) in [6.45, 7) is 3.96. The van der Waals surface area contributed by atoms with Crippen LogP contribution in [0.15, 0.2) is 30.3 Å². The number of hydroxylamine groups is 2. The van der Waals surface area contributed by atoms with Crippen LogP contribution in [0.3, 0.4) is 0 Å². The van der Waals surface area contributed by atoms with Crippen LogP contribution in [0.1, 0.15) is 32.3 Å². The Kier molecular flexibility index (Phi) is 5.79. The fourth-order valence-electron chi connectivity index (χ4n) is 3.17. The molecule has 0 bridgehead atoms. The first-order chi connectivity index (χ1) is 11.8. The zero-order valence-corrected chi connectivity index (χ0v) is 14.9. The van der Waals surface area contributed by atoms with Gasteiger partial charge < -0.3 is 4.90 Å². The summed E-state index contributed by atoms with van der Waals surface area (Å²) in [6.07, 6.45) is 0.602. The van der Waals surface area contributed by atoms with Crippen molar-refractivity contribution in [3.63, 3.8) is 0 Å². The number of rotatable bonds is 7. The number of hydrogen-bond donors (Lipinski definition) is 2. The number of likely N-dealkylation sites (N-methyl/N-ethyl adjacent to an activating group) is 1. The van der Waals surface area contributed by atoms with Gasteiger partial charge in [0.05, 0.1) is 13.0 Å². The van der Waals surface area contributed by atoms with Crippen molar-refractivity contribution in [2.45, 2.75) is 38.6 Å². The fourth-order valence-corrected chi connectivity index (χ4v) is 3.17. The van der Waals surface area contributed by atoms with E-state index in [2.05, 4.69) is 5.32 Å². The van der Waals surface area contributed by atoms with Gasteiger partial charge in [-0.05, 0) is 24.3 Å². The van der Waals surface area contributed by atoms with E-state index < -0.39 is 23.4 Å². The maximum absolute atomic E-state index is 12.5. The predicted molar refractivity (Wildman–Crippen MR) is 91.8 cm³/mol. The Morgan fingerprint density at radius 3 is 2.44 bits per heavy atom. The summed E-state index contributed by atoms with van der Waals surface area (Å²) in [6, 6.07) is 8.98. The molecule has 0 saturated carbocycles. The molecule has 1 saturated heterocycles. The second-order valence-electron chi connectivity index (χ2n) is 6.88. The van der Waals surface area contributed by atoms with Gasteiger partial charge in [0.15, 0.2) is 0 Å². The Balaban J connectivity index is 2.06. The van der Waals surface area contributed by atoms with Crippen LogP contribution < -0.4 is 5.32 Å². The lowest BCUT2D eigenvalue weighted by Gasteiger charge is -2.34. The Labute approximate surface area is 147 Å². The van der Waals surface area contributed by atoms with Crippen LogP contribution in [-0.2, 0) is 16.0 Å². The van der Waals surface area contributed by atoms with Crippen molar-refractivity contribution in [1.29, 1.82) is 0 Å². The molecule has 136 valence electrons. The minimum atomic E-state index is -1.25. The third kappa shape index (κ3) is 4.17. The van der Waals surface area contributed by atoms with Crippen LogP contribution in [0.25, 0.3) is 0 Å². The van der Waals surface area contributed by atoms with E-state index in [4.69, 9.17) is 0 Å². The maximum Gasteiger partial charge on any atom is 0.324 e. The molecular weight excluding hydrogens is 322 g/mol. The van der Waals surface area contributed by atoms with Gasteiger partial charge in [0.25, 0.3) is 5.91 Å². The van der Waals surface area contributed by atoms with E-state index in [0.29, 0.717) is 17.9 Å². The molecule has 1 unspecified atom stereocenters. The minimum absolute atomic E-state index is 0.100.